The lowest BCUT2D eigenvalue weighted by atomic mass is 10.1. The second-order valence-electron chi connectivity index (χ2n) is 6.20. The van der Waals surface area contributed by atoms with Crippen LogP contribution < -0.4 is 14.8 Å². The number of methoxy groups -OCH3 is 1. The molecule has 0 aliphatic heterocycles. The molecule has 5 nitrogen and oxygen atoms in total. The third-order valence-corrected chi connectivity index (χ3v) is 4.77. The predicted molar refractivity (Wildman–Crippen MR) is 115 cm³/mol. The lowest BCUT2D eigenvalue weighted by molar-refractivity contribution is 0.102. The molecule has 0 bridgehead atoms. The second kappa shape index (κ2) is 9.54. The van der Waals surface area contributed by atoms with Gasteiger partial charge in [0.2, 0.25) is 0 Å². The monoisotopic (exact) mass is 431 g/mol. The minimum absolute atomic E-state index is 0.0550. The Kier molecular flexibility index (Phi) is 6.86. The SMILES string of the molecule is COc1ccc(CCOc2ccc(Cl)c(NC(=O)c3cc(Cl)ccc3O)c2)cc1. The van der Waals surface area contributed by atoms with Gasteiger partial charge in [0.25, 0.3) is 5.91 Å². The Hall–Kier alpha value is -2.89. The fourth-order valence-electron chi connectivity index (χ4n) is 2.65. The molecular weight excluding hydrogens is 413 g/mol. The Labute approximate surface area is 178 Å². The summed E-state index contributed by atoms with van der Waals surface area (Å²) in [6.45, 7) is 0.455. The Morgan fingerprint density at radius 3 is 2.45 bits per heavy atom. The molecule has 3 aromatic carbocycles. The first-order valence-electron chi connectivity index (χ1n) is 8.81. The minimum Gasteiger partial charge on any atom is -0.507 e. The van der Waals surface area contributed by atoms with Crippen molar-refractivity contribution in [3.63, 3.8) is 0 Å². The summed E-state index contributed by atoms with van der Waals surface area (Å²) in [4.78, 5) is 12.5. The van der Waals surface area contributed by atoms with Gasteiger partial charge in [-0.1, -0.05) is 35.3 Å². The van der Waals surface area contributed by atoms with E-state index in [-0.39, 0.29) is 11.3 Å². The van der Waals surface area contributed by atoms with Gasteiger partial charge in [-0.2, -0.15) is 0 Å². The average Bonchev–Trinajstić information content (AvgIpc) is 2.72. The number of phenols is 1. The molecule has 0 aliphatic rings. The summed E-state index contributed by atoms with van der Waals surface area (Å²) in [5.41, 5.74) is 1.54. The smallest absolute Gasteiger partial charge is 0.259 e. The van der Waals surface area contributed by atoms with Crippen LogP contribution in [0.3, 0.4) is 0 Å². The number of nitrogens with one attached hydrogen (secondary N) is 1. The van der Waals surface area contributed by atoms with E-state index in [0.717, 1.165) is 11.3 Å². The first-order chi connectivity index (χ1) is 14.0. The van der Waals surface area contributed by atoms with E-state index in [1.807, 2.05) is 24.3 Å². The van der Waals surface area contributed by atoms with Crippen molar-refractivity contribution in [2.24, 2.45) is 0 Å². The molecule has 3 aromatic rings. The van der Waals surface area contributed by atoms with Crippen molar-refractivity contribution in [3.8, 4) is 17.2 Å². The molecule has 0 radical (unpaired) electrons. The number of ether oxygens (including phenoxy) is 2. The van der Waals surface area contributed by atoms with Gasteiger partial charge in [-0.05, 0) is 48.0 Å². The van der Waals surface area contributed by atoms with Gasteiger partial charge in [-0.3, -0.25) is 4.79 Å². The Morgan fingerprint density at radius 2 is 1.72 bits per heavy atom. The molecule has 150 valence electrons. The molecule has 2 N–H and O–H groups in total. The normalized spacial score (nSPS) is 10.4. The van der Waals surface area contributed by atoms with Crippen molar-refractivity contribution >= 4 is 34.8 Å². The lowest BCUT2D eigenvalue weighted by Crippen LogP contribution is -2.12. The highest BCUT2D eigenvalue weighted by molar-refractivity contribution is 6.34. The molecular formula is C22H19Cl2NO4. The van der Waals surface area contributed by atoms with Gasteiger partial charge in [0.15, 0.2) is 0 Å². The van der Waals surface area contributed by atoms with Crippen molar-refractivity contribution in [1.29, 1.82) is 0 Å². The first kappa shape index (κ1) is 20.8. The summed E-state index contributed by atoms with van der Waals surface area (Å²) in [6.07, 6.45) is 0.713. The number of rotatable bonds is 7. The van der Waals surface area contributed by atoms with Crippen molar-refractivity contribution in [2.45, 2.75) is 6.42 Å². The van der Waals surface area contributed by atoms with E-state index < -0.39 is 5.91 Å². The molecule has 0 aliphatic carbocycles. The van der Waals surface area contributed by atoms with Crippen molar-refractivity contribution in [1.82, 2.24) is 0 Å². The maximum atomic E-state index is 12.5. The summed E-state index contributed by atoms with van der Waals surface area (Å²) >= 11 is 12.1. The zero-order chi connectivity index (χ0) is 20.8. The number of benzene rings is 3. The number of phenolic OH excluding ortho intramolecular Hbond substituents is 1. The summed E-state index contributed by atoms with van der Waals surface area (Å²) in [5, 5.41) is 13.2. The second-order valence-corrected chi connectivity index (χ2v) is 7.05. The van der Waals surface area contributed by atoms with Gasteiger partial charge < -0.3 is 19.9 Å². The molecule has 7 heteroatoms. The summed E-state index contributed by atoms with van der Waals surface area (Å²) < 4.78 is 10.9. The standard InChI is InChI=1S/C22H19Cl2NO4/c1-28-16-5-2-14(3-6-16)10-11-29-17-7-8-19(24)20(13-17)25-22(27)18-12-15(23)4-9-21(18)26/h2-9,12-13,26H,10-11H2,1H3,(H,25,27). The molecule has 29 heavy (non-hydrogen) atoms. The van der Waals surface area contributed by atoms with Crippen molar-refractivity contribution in [3.05, 3.63) is 81.8 Å². The number of aromatic hydroxyl groups is 1. The third kappa shape index (κ3) is 5.56. The van der Waals surface area contributed by atoms with Crippen LogP contribution in [0.15, 0.2) is 60.7 Å². The van der Waals surface area contributed by atoms with E-state index in [2.05, 4.69) is 5.32 Å². The maximum absolute atomic E-state index is 12.5. The van der Waals surface area contributed by atoms with Crippen molar-refractivity contribution < 1.29 is 19.4 Å². The van der Waals surface area contributed by atoms with Crippen LogP contribution in [-0.2, 0) is 6.42 Å². The number of hydrogen-bond donors (Lipinski definition) is 2. The quantitative estimate of drug-likeness (QED) is 0.512. The van der Waals surface area contributed by atoms with E-state index in [0.29, 0.717) is 34.5 Å². The number of hydrogen-bond acceptors (Lipinski definition) is 4. The molecule has 3 rings (SSSR count). The lowest BCUT2D eigenvalue weighted by Gasteiger charge is -2.12. The number of anilines is 1. The van der Waals surface area contributed by atoms with Crippen LogP contribution in [0, 0.1) is 0 Å². The van der Waals surface area contributed by atoms with Crippen LogP contribution in [0.4, 0.5) is 5.69 Å². The minimum atomic E-state index is -0.526. The number of amides is 1. The Balaban J connectivity index is 1.64. The van der Waals surface area contributed by atoms with Gasteiger partial charge in [-0.25, -0.2) is 0 Å². The predicted octanol–water partition coefficient (Wildman–Crippen LogP) is 5.58. The highest BCUT2D eigenvalue weighted by Gasteiger charge is 2.14. The van der Waals surface area contributed by atoms with Crippen LogP contribution in [-0.4, -0.2) is 24.7 Å². The summed E-state index contributed by atoms with van der Waals surface area (Å²) in [6, 6.07) is 17.0. The van der Waals surface area contributed by atoms with E-state index in [4.69, 9.17) is 32.7 Å². The molecule has 1 amide bonds. The highest BCUT2D eigenvalue weighted by atomic mass is 35.5. The van der Waals surface area contributed by atoms with Gasteiger partial charge in [-0.15, -0.1) is 0 Å². The largest absolute Gasteiger partial charge is 0.507 e. The Bertz CT molecular complexity index is 1010. The topological polar surface area (TPSA) is 67.8 Å². The highest BCUT2D eigenvalue weighted by Crippen LogP contribution is 2.29. The van der Waals surface area contributed by atoms with E-state index in [9.17, 15) is 9.90 Å². The molecule has 0 unspecified atom stereocenters. The third-order valence-electron chi connectivity index (χ3n) is 4.21. The fourth-order valence-corrected chi connectivity index (χ4v) is 2.99. The molecule has 0 aromatic heterocycles. The van der Waals surface area contributed by atoms with Gasteiger partial charge in [0, 0.05) is 17.5 Å². The number of carbonyl (C=O) groups is 1. The van der Waals surface area contributed by atoms with Crippen LogP contribution in [0.1, 0.15) is 15.9 Å². The average molecular weight is 432 g/mol. The van der Waals surface area contributed by atoms with Gasteiger partial charge in [0.05, 0.1) is 30.0 Å². The van der Waals surface area contributed by atoms with Crippen LogP contribution >= 0.6 is 23.2 Å². The summed E-state index contributed by atoms with van der Waals surface area (Å²) in [7, 11) is 1.63. The maximum Gasteiger partial charge on any atom is 0.259 e. The zero-order valence-corrected chi connectivity index (χ0v) is 17.1. The first-order valence-corrected chi connectivity index (χ1v) is 9.57. The summed E-state index contributed by atoms with van der Waals surface area (Å²) in [5.74, 6) is 0.671. The number of halogens is 2. The van der Waals surface area contributed by atoms with Crippen LogP contribution in [0.2, 0.25) is 10.0 Å². The molecule has 0 spiro atoms. The molecule has 0 saturated carbocycles. The Morgan fingerprint density at radius 1 is 1.00 bits per heavy atom. The van der Waals surface area contributed by atoms with Crippen molar-refractivity contribution in [2.75, 3.05) is 19.0 Å². The van der Waals surface area contributed by atoms with E-state index >= 15 is 0 Å². The van der Waals surface area contributed by atoms with Gasteiger partial charge >= 0.3 is 0 Å². The molecule has 0 fully saturated rings. The van der Waals surface area contributed by atoms with Gasteiger partial charge in [0.1, 0.15) is 17.2 Å². The molecule has 0 atom stereocenters. The molecule has 0 saturated heterocycles. The zero-order valence-electron chi connectivity index (χ0n) is 15.6. The number of carbonyl (C=O) groups excluding carboxylic acids is 1. The van der Waals surface area contributed by atoms with E-state index in [1.54, 1.807) is 25.3 Å². The molecule has 0 heterocycles. The van der Waals surface area contributed by atoms with Crippen LogP contribution in [0.5, 0.6) is 17.2 Å². The fraction of sp³-hybridized carbons (Fsp3) is 0.136. The van der Waals surface area contributed by atoms with Crippen LogP contribution in [0.25, 0.3) is 0 Å². The van der Waals surface area contributed by atoms with E-state index in [1.165, 1.54) is 18.2 Å².